The first-order valence-corrected chi connectivity index (χ1v) is 8.81. The van der Waals surface area contributed by atoms with Gasteiger partial charge < -0.3 is 10.1 Å². The first-order valence-electron chi connectivity index (χ1n) is 8.81. The Morgan fingerprint density at radius 3 is 2.50 bits per heavy atom. The molecule has 0 aromatic carbocycles. The fourth-order valence-electron chi connectivity index (χ4n) is 2.31. The third-order valence-electron chi connectivity index (χ3n) is 3.77. The molecule has 0 saturated heterocycles. The fourth-order valence-corrected chi connectivity index (χ4v) is 2.31. The molecule has 9 heteroatoms. The molecule has 146 valence electrons. The number of amides is 1. The molecule has 0 aliphatic heterocycles. The maximum absolute atomic E-state index is 12.6. The van der Waals surface area contributed by atoms with E-state index in [0.29, 0.717) is 29.6 Å². The van der Waals surface area contributed by atoms with Crippen LogP contribution < -0.4 is 10.1 Å². The van der Waals surface area contributed by atoms with Gasteiger partial charge in [-0.1, -0.05) is 20.8 Å². The van der Waals surface area contributed by atoms with Gasteiger partial charge >= 0.3 is 0 Å². The molecule has 0 aliphatic rings. The van der Waals surface area contributed by atoms with E-state index in [0.717, 1.165) is 5.69 Å². The van der Waals surface area contributed by atoms with Gasteiger partial charge in [0.1, 0.15) is 5.69 Å². The summed E-state index contributed by atoms with van der Waals surface area (Å²) >= 11 is 0. The lowest BCUT2D eigenvalue weighted by atomic mass is 9.97. The van der Waals surface area contributed by atoms with E-state index in [2.05, 4.69) is 30.4 Å². The van der Waals surface area contributed by atoms with Crippen LogP contribution in [0.1, 0.15) is 37.1 Å². The van der Waals surface area contributed by atoms with Gasteiger partial charge in [-0.15, -0.1) is 5.10 Å². The molecule has 0 bridgehead atoms. The van der Waals surface area contributed by atoms with Crippen molar-refractivity contribution in [1.29, 1.82) is 0 Å². The summed E-state index contributed by atoms with van der Waals surface area (Å²) in [6.07, 6.45) is 4.83. The van der Waals surface area contributed by atoms with Gasteiger partial charge in [0.05, 0.1) is 30.9 Å². The van der Waals surface area contributed by atoms with Crippen LogP contribution in [0.3, 0.4) is 0 Å². The number of nitrogens with one attached hydrogen (secondary N) is 1. The highest BCUT2D eigenvalue weighted by Gasteiger charge is 2.21. The summed E-state index contributed by atoms with van der Waals surface area (Å²) in [5, 5.41) is 7.24. The van der Waals surface area contributed by atoms with E-state index in [9.17, 15) is 4.79 Å². The van der Waals surface area contributed by atoms with Gasteiger partial charge in [0, 0.05) is 18.8 Å². The maximum Gasteiger partial charge on any atom is 0.291 e. The van der Waals surface area contributed by atoms with E-state index in [1.165, 1.54) is 4.68 Å². The number of nitrogens with zero attached hydrogens (tertiary/aromatic N) is 6. The van der Waals surface area contributed by atoms with Gasteiger partial charge in [-0.2, -0.15) is 0 Å². The molecule has 0 saturated carbocycles. The molecule has 3 rings (SSSR count). The third-order valence-corrected chi connectivity index (χ3v) is 3.77. The van der Waals surface area contributed by atoms with Crippen molar-refractivity contribution in [2.75, 3.05) is 13.7 Å². The van der Waals surface area contributed by atoms with Gasteiger partial charge in [0.2, 0.25) is 11.7 Å². The summed E-state index contributed by atoms with van der Waals surface area (Å²) in [5.41, 5.74) is 1.86. The Labute approximate surface area is 163 Å². The highest BCUT2D eigenvalue weighted by atomic mass is 16.5. The Morgan fingerprint density at radius 1 is 1.14 bits per heavy atom. The number of aromatic nitrogens is 6. The Balaban J connectivity index is 2.01. The molecule has 0 atom stereocenters. The lowest BCUT2D eigenvalue weighted by Gasteiger charge is -2.17. The number of rotatable bonds is 5. The Morgan fingerprint density at radius 2 is 1.93 bits per heavy atom. The average Bonchev–Trinajstić information content (AvgIpc) is 3.11. The summed E-state index contributed by atoms with van der Waals surface area (Å²) in [7, 11) is 1.54. The second-order valence-electron chi connectivity index (χ2n) is 7.52. The van der Waals surface area contributed by atoms with Crippen LogP contribution in [-0.2, 0) is 0 Å². The summed E-state index contributed by atoms with van der Waals surface area (Å²) in [4.78, 5) is 29.8. The molecule has 3 aromatic rings. The van der Waals surface area contributed by atoms with E-state index in [1.807, 2.05) is 27.7 Å². The molecule has 28 heavy (non-hydrogen) atoms. The van der Waals surface area contributed by atoms with Crippen molar-refractivity contribution in [2.24, 2.45) is 5.41 Å². The molecule has 3 aromatic heterocycles. The predicted octanol–water partition coefficient (Wildman–Crippen LogP) is 2.21. The van der Waals surface area contributed by atoms with E-state index in [-0.39, 0.29) is 17.1 Å². The average molecular weight is 381 g/mol. The molecule has 0 radical (unpaired) electrons. The Kier molecular flexibility index (Phi) is 5.34. The summed E-state index contributed by atoms with van der Waals surface area (Å²) in [6.45, 7) is 8.46. The number of carbonyl (C=O) groups excluding carboxylic acids is 1. The van der Waals surface area contributed by atoms with Crippen LogP contribution in [0.25, 0.3) is 17.2 Å². The van der Waals surface area contributed by atoms with Crippen molar-refractivity contribution in [3.8, 4) is 23.1 Å². The largest absolute Gasteiger partial charge is 0.481 e. The SMILES string of the molecule is COc1ccc(-n2nc(C(=O)NCC(C)(C)C)nc2-c2cnc(C)cn2)cn1. The molecular weight excluding hydrogens is 358 g/mol. The number of pyridine rings is 1. The minimum Gasteiger partial charge on any atom is -0.481 e. The quantitative estimate of drug-likeness (QED) is 0.722. The van der Waals surface area contributed by atoms with Crippen LogP contribution in [0.5, 0.6) is 5.88 Å². The lowest BCUT2D eigenvalue weighted by Crippen LogP contribution is -2.32. The topological polar surface area (TPSA) is 108 Å². The zero-order valence-corrected chi connectivity index (χ0v) is 16.6. The van der Waals surface area contributed by atoms with E-state index < -0.39 is 0 Å². The highest BCUT2D eigenvalue weighted by Crippen LogP contribution is 2.20. The molecule has 0 spiro atoms. The zero-order valence-electron chi connectivity index (χ0n) is 16.6. The Bertz CT molecular complexity index is 957. The van der Waals surface area contributed by atoms with Crippen LogP contribution in [0.4, 0.5) is 0 Å². The van der Waals surface area contributed by atoms with Crippen molar-refractivity contribution >= 4 is 5.91 Å². The minimum atomic E-state index is -0.350. The smallest absolute Gasteiger partial charge is 0.291 e. The zero-order chi connectivity index (χ0) is 20.3. The summed E-state index contributed by atoms with van der Waals surface area (Å²) in [6, 6.07) is 3.49. The lowest BCUT2D eigenvalue weighted by molar-refractivity contribution is 0.0929. The number of methoxy groups -OCH3 is 1. The summed E-state index contributed by atoms with van der Waals surface area (Å²) in [5.74, 6) is 0.581. The molecule has 0 unspecified atom stereocenters. The molecule has 0 aliphatic carbocycles. The molecule has 9 nitrogen and oxygen atoms in total. The number of aryl methyl sites for hydroxylation is 1. The Hall–Kier alpha value is -3.36. The minimum absolute atomic E-state index is 0.0522. The summed E-state index contributed by atoms with van der Waals surface area (Å²) < 4.78 is 6.62. The number of hydrogen-bond acceptors (Lipinski definition) is 7. The number of carbonyl (C=O) groups is 1. The predicted molar refractivity (Wildman–Crippen MR) is 103 cm³/mol. The van der Waals surface area contributed by atoms with Crippen LogP contribution in [0.15, 0.2) is 30.7 Å². The van der Waals surface area contributed by atoms with Gasteiger partial charge in [-0.3, -0.25) is 9.78 Å². The van der Waals surface area contributed by atoms with Crippen molar-refractivity contribution < 1.29 is 9.53 Å². The van der Waals surface area contributed by atoms with Crippen LogP contribution >= 0.6 is 0 Å². The number of hydrogen-bond donors (Lipinski definition) is 1. The molecular formula is C19H23N7O2. The monoisotopic (exact) mass is 381 g/mol. The normalized spacial score (nSPS) is 11.3. The van der Waals surface area contributed by atoms with Crippen LogP contribution in [-0.4, -0.2) is 49.3 Å². The van der Waals surface area contributed by atoms with Crippen molar-refractivity contribution in [3.05, 3.63) is 42.2 Å². The fraction of sp³-hybridized carbons (Fsp3) is 0.368. The van der Waals surface area contributed by atoms with Gasteiger partial charge in [-0.25, -0.2) is 19.6 Å². The molecule has 0 fully saturated rings. The first kappa shape index (κ1) is 19.4. The van der Waals surface area contributed by atoms with Gasteiger partial charge in [-0.05, 0) is 18.4 Å². The van der Waals surface area contributed by atoms with Crippen molar-refractivity contribution in [3.63, 3.8) is 0 Å². The van der Waals surface area contributed by atoms with Crippen LogP contribution in [0, 0.1) is 12.3 Å². The van der Waals surface area contributed by atoms with E-state index in [1.54, 1.807) is 37.8 Å². The highest BCUT2D eigenvalue weighted by molar-refractivity contribution is 5.90. The van der Waals surface area contributed by atoms with Crippen molar-refractivity contribution in [1.82, 2.24) is 35.0 Å². The van der Waals surface area contributed by atoms with Gasteiger partial charge in [0.25, 0.3) is 5.91 Å². The molecule has 1 amide bonds. The van der Waals surface area contributed by atoms with Crippen molar-refractivity contribution in [2.45, 2.75) is 27.7 Å². The standard InChI is InChI=1S/C19H23N7O2/c1-12-8-21-14(10-20-12)17-24-16(18(27)23-11-19(2,3)4)25-26(17)13-6-7-15(28-5)22-9-13/h6-10H,11H2,1-5H3,(H,23,27). The van der Waals surface area contributed by atoms with Crippen LogP contribution in [0.2, 0.25) is 0 Å². The molecule has 1 N–H and O–H groups in total. The second-order valence-corrected chi connectivity index (χ2v) is 7.52. The maximum atomic E-state index is 12.6. The second kappa shape index (κ2) is 7.71. The molecule has 3 heterocycles. The van der Waals surface area contributed by atoms with E-state index in [4.69, 9.17) is 4.74 Å². The van der Waals surface area contributed by atoms with E-state index >= 15 is 0 Å². The van der Waals surface area contributed by atoms with Gasteiger partial charge in [0.15, 0.2) is 5.82 Å². The number of ether oxygens (including phenoxy) is 1. The third kappa shape index (κ3) is 4.48. The first-order chi connectivity index (χ1) is 13.3.